The van der Waals surface area contributed by atoms with Gasteiger partial charge in [0.15, 0.2) is 0 Å². The molecule has 0 radical (unpaired) electrons. The van der Waals surface area contributed by atoms with Gasteiger partial charge in [-0.2, -0.15) is 5.10 Å². The normalized spacial score (nSPS) is 16.7. The Kier molecular flexibility index (Phi) is 4.36. The van der Waals surface area contributed by atoms with Gasteiger partial charge >= 0.3 is 0 Å². The third kappa shape index (κ3) is 2.99. The topological polar surface area (TPSA) is 40.7 Å². The van der Waals surface area contributed by atoms with Gasteiger partial charge in [0.2, 0.25) is 0 Å². The Morgan fingerprint density at radius 3 is 2.32 bits per heavy atom. The SMILES string of the molecule is Cc1ccc(C2(c3ccc(-c4cn[nH]c4)cc3)CCNCC2)cc1Cl. The first-order chi connectivity index (χ1) is 12.2. The van der Waals surface area contributed by atoms with Gasteiger partial charge in [0, 0.05) is 22.2 Å². The fourth-order valence-electron chi connectivity index (χ4n) is 3.88. The molecular formula is C21H22ClN3. The molecule has 3 aromatic rings. The van der Waals surface area contributed by atoms with Gasteiger partial charge in [-0.1, -0.05) is 48.0 Å². The van der Waals surface area contributed by atoms with Crippen LogP contribution in [0.4, 0.5) is 0 Å². The highest BCUT2D eigenvalue weighted by Crippen LogP contribution is 2.41. The van der Waals surface area contributed by atoms with Crippen molar-refractivity contribution < 1.29 is 0 Å². The number of piperidine rings is 1. The zero-order chi connectivity index (χ0) is 17.3. The lowest BCUT2D eigenvalue weighted by Gasteiger charge is -2.39. The van der Waals surface area contributed by atoms with Crippen molar-refractivity contribution in [1.29, 1.82) is 0 Å². The number of nitrogens with zero attached hydrogens (tertiary/aromatic N) is 1. The van der Waals surface area contributed by atoms with Crippen molar-refractivity contribution in [3.63, 3.8) is 0 Å². The molecule has 2 aromatic carbocycles. The molecule has 0 unspecified atom stereocenters. The fourth-order valence-corrected chi connectivity index (χ4v) is 4.06. The van der Waals surface area contributed by atoms with E-state index in [9.17, 15) is 0 Å². The molecule has 3 nitrogen and oxygen atoms in total. The maximum Gasteiger partial charge on any atom is 0.0565 e. The van der Waals surface area contributed by atoms with Crippen LogP contribution in [0.1, 0.15) is 29.5 Å². The summed E-state index contributed by atoms with van der Waals surface area (Å²) in [5, 5.41) is 11.3. The van der Waals surface area contributed by atoms with Crippen LogP contribution in [0.5, 0.6) is 0 Å². The van der Waals surface area contributed by atoms with Crippen LogP contribution in [0.2, 0.25) is 5.02 Å². The van der Waals surface area contributed by atoms with Crippen molar-refractivity contribution in [2.75, 3.05) is 13.1 Å². The molecule has 0 bridgehead atoms. The van der Waals surface area contributed by atoms with E-state index in [0.29, 0.717) is 0 Å². The summed E-state index contributed by atoms with van der Waals surface area (Å²) in [6.07, 6.45) is 5.94. The highest BCUT2D eigenvalue weighted by Gasteiger charge is 2.35. The monoisotopic (exact) mass is 351 g/mol. The first-order valence-electron chi connectivity index (χ1n) is 8.76. The largest absolute Gasteiger partial charge is 0.317 e. The Balaban J connectivity index is 1.77. The Labute approximate surface area is 153 Å². The van der Waals surface area contributed by atoms with Gasteiger partial charge in [0.25, 0.3) is 0 Å². The number of aryl methyl sites for hydroxylation is 1. The van der Waals surface area contributed by atoms with Crippen molar-refractivity contribution in [3.05, 3.63) is 76.6 Å². The lowest BCUT2D eigenvalue weighted by molar-refractivity contribution is 0.362. The molecule has 1 saturated heterocycles. The summed E-state index contributed by atoms with van der Waals surface area (Å²) >= 11 is 6.45. The first kappa shape index (κ1) is 16.4. The van der Waals surface area contributed by atoms with Crippen LogP contribution in [0.25, 0.3) is 11.1 Å². The smallest absolute Gasteiger partial charge is 0.0565 e. The summed E-state index contributed by atoms with van der Waals surface area (Å²) in [5.41, 5.74) is 6.14. The molecule has 4 rings (SSSR count). The molecule has 128 valence electrons. The lowest BCUT2D eigenvalue weighted by atomic mass is 9.68. The standard InChI is InChI=1S/C21H22ClN3/c1-15-2-5-19(12-20(15)22)21(8-10-23-11-9-21)18-6-3-16(4-7-18)17-13-24-25-14-17/h2-7,12-14,23H,8-11H2,1H3,(H,24,25). The number of aromatic nitrogens is 2. The summed E-state index contributed by atoms with van der Waals surface area (Å²) in [6.45, 7) is 4.10. The molecular weight excluding hydrogens is 330 g/mol. The van der Waals surface area contributed by atoms with E-state index in [4.69, 9.17) is 11.6 Å². The number of hydrogen-bond donors (Lipinski definition) is 2. The van der Waals surface area contributed by atoms with Crippen molar-refractivity contribution in [2.45, 2.75) is 25.2 Å². The number of aromatic amines is 1. The van der Waals surface area contributed by atoms with Gasteiger partial charge in [0.1, 0.15) is 0 Å². The van der Waals surface area contributed by atoms with E-state index in [-0.39, 0.29) is 5.41 Å². The minimum Gasteiger partial charge on any atom is -0.317 e. The van der Waals surface area contributed by atoms with Crippen molar-refractivity contribution in [3.8, 4) is 11.1 Å². The Morgan fingerprint density at radius 2 is 1.68 bits per heavy atom. The molecule has 1 fully saturated rings. The lowest BCUT2D eigenvalue weighted by Crippen LogP contribution is -2.40. The van der Waals surface area contributed by atoms with Gasteiger partial charge in [0.05, 0.1) is 6.20 Å². The van der Waals surface area contributed by atoms with Crippen LogP contribution in [0.3, 0.4) is 0 Å². The molecule has 0 spiro atoms. The van der Waals surface area contributed by atoms with E-state index < -0.39 is 0 Å². The summed E-state index contributed by atoms with van der Waals surface area (Å²) in [5.74, 6) is 0. The number of rotatable bonds is 3. The summed E-state index contributed by atoms with van der Waals surface area (Å²) in [6, 6.07) is 15.5. The average Bonchev–Trinajstić information content (AvgIpc) is 3.19. The minimum absolute atomic E-state index is 0.0253. The minimum atomic E-state index is 0.0253. The summed E-state index contributed by atoms with van der Waals surface area (Å²) in [4.78, 5) is 0. The molecule has 2 heterocycles. The molecule has 1 aromatic heterocycles. The van der Waals surface area contributed by atoms with Gasteiger partial charge in [-0.3, -0.25) is 5.10 Å². The number of hydrogen-bond acceptors (Lipinski definition) is 2. The zero-order valence-electron chi connectivity index (χ0n) is 14.3. The number of H-pyrrole nitrogens is 1. The molecule has 0 aliphatic carbocycles. The molecule has 0 saturated carbocycles. The molecule has 0 amide bonds. The van der Waals surface area contributed by atoms with E-state index in [1.165, 1.54) is 16.7 Å². The fraction of sp³-hybridized carbons (Fsp3) is 0.286. The van der Waals surface area contributed by atoms with Crippen LogP contribution >= 0.6 is 11.6 Å². The maximum absolute atomic E-state index is 6.45. The first-order valence-corrected chi connectivity index (χ1v) is 9.14. The van der Waals surface area contributed by atoms with Crippen LogP contribution in [-0.2, 0) is 5.41 Å². The van der Waals surface area contributed by atoms with Gasteiger partial charge < -0.3 is 5.32 Å². The molecule has 1 aliphatic heterocycles. The van der Waals surface area contributed by atoms with E-state index in [1.54, 1.807) is 0 Å². The third-order valence-electron chi connectivity index (χ3n) is 5.45. The van der Waals surface area contributed by atoms with Gasteiger partial charge in [-0.25, -0.2) is 0 Å². The van der Waals surface area contributed by atoms with E-state index in [0.717, 1.165) is 42.1 Å². The summed E-state index contributed by atoms with van der Waals surface area (Å²) in [7, 11) is 0. The van der Waals surface area contributed by atoms with E-state index in [2.05, 4.69) is 64.9 Å². The maximum atomic E-state index is 6.45. The van der Waals surface area contributed by atoms with Crippen LogP contribution < -0.4 is 5.32 Å². The zero-order valence-corrected chi connectivity index (χ0v) is 15.1. The summed E-state index contributed by atoms with van der Waals surface area (Å²) < 4.78 is 0. The second kappa shape index (κ2) is 6.66. The Morgan fingerprint density at radius 1 is 0.960 bits per heavy atom. The van der Waals surface area contributed by atoms with Crippen LogP contribution in [-0.4, -0.2) is 23.3 Å². The second-order valence-electron chi connectivity index (χ2n) is 6.86. The second-order valence-corrected chi connectivity index (χ2v) is 7.27. The average molecular weight is 352 g/mol. The quantitative estimate of drug-likeness (QED) is 0.717. The number of halogens is 1. The number of benzene rings is 2. The van der Waals surface area contributed by atoms with Crippen molar-refractivity contribution in [2.24, 2.45) is 0 Å². The van der Waals surface area contributed by atoms with Crippen molar-refractivity contribution in [1.82, 2.24) is 15.5 Å². The predicted molar refractivity (Wildman–Crippen MR) is 103 cm³/mol. The van der Waals surface area contributed by atoms with Crippen LogP contribution in [0.15, 0.2) is 54.9 Å². The molecule has 0 atom stereocenters. The predicted octanol–water partition coefficient (Wildman–Crippen LogP) is 4.71. The molecule has 2 N–H and O–H groups in total. The van der Waals surface area contributed by atoms with E-state index in [1.807, 2.05) is 12.4 Å². The van der Waals surface area contributed by atoms with E-state index >= 15 is 0 Å². The van der Waals surface area contributed by atoms with Crippen LogP contribution in [0, 0.1) is 6.92 Å². The van der Waals surface area contributed by atoms with Crippen molar-refractivity contribution >= 4 is 11.6 Å². The highest BCUT2D eigenvalue weighted by atomic mass is 35.5. The Hall–Kier alpha value is -2.10. The third-order valence-corrected chi connectivity index (χ3v) is 5.86. The molecule has 1 aliphatic rings. The highest BCUT2D eigenvalue weighted by molar-refractivity contribution is 6.31. The number of nitrogens with one attached hydrogen (secondary N) is 2. The Bertz CT molecular complexity index is 847. The molecule has 25 heavy (non-hydrogen) atoms. The van der Waals surface area contributed by atoms with Gasteiger partial charge in [-0.15, -0.1) is 0 Å². The van der Waals surface area contributed by atoms with Gasteiger partial charge in [-0.05, 0) is 61.2 Å². The molecule has 4 heteroatoms.